The Labute approximate surface area is 116 Å². The van der Waals surface area contributed by atoms with Crippen LogP contribution in [0.3, 0.4) is 0 Å². The molecule has 2 aliphatic rings. The number of aromatic nitrogens is 2. The Morgan fingerprint density at radius 2 is 2.40 bits per heavy atom. The standard InChI is InChI=1S/C13H19N3O4/c1-9-10(15-20-14-9)7-12(18)16-5-3-11(17)13(8-16)4-2-6-19-13/h11,17H,2-8H2,1H3/t11-,13-/m0/s1. The molecule has 0 saturated carbocycles. The second kappa shape index (κ2) is 5.14. The molecule has 0 aliphatic carbocycles. The normalized spacial score (nSPS) is 30.1. The Hall–Kier alpha value is -1.47. The second-order valence-electron chi connectivity index (χ2n) is 5.61. The van der Waals surface area contributed by atoms with Crippen molar-refractivity contribution in [3.63, 3.8) is 0 Å². The van der Waals surface area contributed by atoms with Crippen LogP contribution in [0, 0.1) is 6.92 Å². The van der Waals surface area contributed by atoms with E-state index < -0.39 is 11.7 Å². The van der Waals surface area contributed by atoms with Crippen LogP contribution in [-0.2, 0) is 16.0 Å². The second-order valence-corrected chi connectivity index (χ2v) is 5.61. The number of aryl methyl sites for hydroxylation is 1. The van der Waals surface area contributed by atoms with Gasteiger partial charge in [-0.25, -0.2) is 4.63 Å². The number of hydrogen-bond acceptors (Lipinski definition) is 6. The fourth-order valence-electron chi connectivity index (χ4n) is 3.03. The van der Waals surface area contributed by atoms with Gasteiger partial charge in [-0.1, -0.05) is 10.3 Å². The van der Waals surface area contributed by atoms with Gasteiger partial charge in [0, 0.05) is 13.2 Å². The summed E-state index contributed by atoms with van der Waals surface area (Å²) in [6.07, 6.45) is 2.00. The van der Waals surface area contributed by atoms with Crippen molar-refractivity contribution in [2.45, 2.75) is 44.3 Å². The Balaban J connectivity index is 1.68. The molecule has 1 spiro atoms. The largest absolute Gasteiger partial charge is 0.390 e. The Kier molecular flexibility index (Phi) is 3.47. The van der Waals surface area contributed by atoms with E-state index in [2.05, 4.69) is 14.9 Å². The lowest BCUT2D eigenvalue weighted by Gasteiger charge is -2.43. The highest BCUT2D eigenvalue weighted by Crippen LogP contribution is 2.34. The number of aliphatic hydroxyl groups excluding tert-OH is 1. The van der Waals surface area contributed by atoms with Crippen LogP contribution in [0.15, 0.2) is 4.63 Å². The van der Waals surface area contributed by atoms with Gasteiger partial charge in [-0.2, -0.15) is 0 Å². The molecule has 1 aromatic rings. The summed E-state index contributed by atoms with van der Waals surface area (Å²) in [5, 5.41) is 17.6. The third-order valence-corrected chi connectivity index (χ3v) is 4.29. The predicted octanol–water partition coefficient (Wildman–Crippen LogP) is 0.0629. The predicted molar refractivity (Wildman–Crippen MR) is 67.9 cm³/mol. The van der Waals surface area contributed by atoms with Gasteiger partial charge in [0.15, 0.2) is 0 Å². The van der Waals surface area contributed by atoms with E-state index in [0.717, 1.165) is 12.8 Å². The van der Waals surface area contributed by atoms with E-state index in [-0.39, 0.29) is 12.3 Å². The maximum atomic E-state index is 12.3. The minimum Gasteiger partial charge on any atom is -0.390 e. The summed E-state index contributed by atoms with van der Waals surface area (Å²) in [6.45, 7) is 3.43. The summed E-state index contributed by atoms with van der Waals surface area (Å²) < 4.78 is 10.4. The average molecular weight is 281 g/mol. The highest BCUT2D eigenvalue weighted by molar-refractivity contribution is 5.78. The summed E-state index contributed by atoms with van der Waals surface area (Å²) in [4.78, 5) is 14.1. The monoisotopic (exact) mass is 281 g/mol. The third-order valence-electron chi connectivity index (χ3n) is 4.29. The topological polar surface area (TPSA) is 88.7 Å². The molecule has 0 radical (unpaired) electrons. The zero-order valence-corrected chi connectivity index (χ0v) is 11.5. The van der Waals surface area contributed by atoms with Gasteiger partial charge in [-0.15, -0.1) is 0 Å². The first-order chi connectivity index (χ1) is 9.61. The number of nitrogens with zero attached hydrogens (tertiary/aromatic N) is 3. The van der Waals surface area contributed by atoms with E-state index >= 15 is 0 Å². The lowest BCUT2D eigenvalue weighted by atomic mass is 9.87. The first kappa shape index (κ1) is 13.5. The molecule has 2 atom stereocenters. The molecular weight excluding hydrogens is 262 g/mol. The molecule has 7 nitrogen and oxygen atoms in total. The molecule has 7 heteroatoms. The molecule has 20 heavy (non-hydrogen) atoms. The van der Waals surface area contributed by atoms with Crippen LogP contribution in [0.5, 0.6) is 0 Å². The first-order valence-corrected chi connectivity index (χ1v) is 6.98. The summed E-state index contributed by atoms with van der Waals surface area (Å²) in [5.74, 6) is -0.0226. The molecule has 2 aliphatic heterocycles. The van der Waals surface area contributed by atoms with Crippen LogP contribution in [0.4, 0.5) is 0 Å². The molecule has 1 amide bonds. The van der Waals surface area contributed by atoms with Crippen molar-refractivity contribution < 1.29 is 19.3 Å². The fraction of sp³-hybridized carbons (Fsp3) is 0.769. The molecule has 2 saturated heterocycles. The lowest BCUT2D eigenvalue weighted by molar-refractivity contribution is -0.154. The molecule has 0 bridgehead atoms. The van der Waals surface area contributed by atoms with Gasteiger partial charge < -0.3 is 14.7 Å². The van der Waals surface area contributed by atoms with Gasteiger partial charge in [0.05, 0.1) is 19.1 Å². The van der Waals surface area contributed by atoms with Gasteiger partial charge in [0.1, 0.15) is 17.0 Å². The number of ether oxygens (including phenoxy) is 1. The minimum atomic E-state index is -0.564. The van der Waals surface area contributed by atoms with Crippen molar-refractivity contribution in [3.05, 3.63) is 11.4 Å². The first-order valence-electron chi connectivity index (χ1n) is 6.98. The third kappa shape index (κ3) is 2.31. The number of piperidine rings is 1. The van der Waals surface area contributed by atoms with Crippen molar-refractivity contribution in [1.29, 1.82) is 0 Å². The Morgan fingerprint density at radius 3 is 3.05 bits per heavy atom. The van der Waals surface area contributed by atoms with Crippen LogP contribution in [0.1, 0.15) is 30.7 Å². The fourth-order valence-corrected chi connectivity index (χ4v) is 3.03. The summed E-state index contributed by atoms with van der Waals surface area (Å²) in [7, 11) is 0. The number of aliphatic hydroxyl groups is 1. The summed E-state index contributed by atoms with van der Waals surface area (Å²) >= 11 is 0. The SMILES string of the molecule is Cc1nonc1CC(=O)N1CC[C@H](O)[C@]2(CCCO2)C1. The maximum Gasteiger partial charge on any atom is 0.228 e. The Bertz CT molecular complexity index is 496. The average Bonchev–Trinajstić information content (AvgIpc) is 3.04. The smallest absolute Gasteiger partial charge is 0.228 e. The van der Waals surface area contributed by atoms with Crippen LogP contribution < -0.4 is 0 Å². The van der Waals surface area contributed by atoms with E-state index in [9.17, 15) is 9.90 Å². The quantitative estimate of drug-likeness (QED) is 0.825. The van der Waals surface area contributed by atoms with Gasteiger partial charge >= 0.3 is 0 Å². The van der Waals surface area contributed by atoms with Crippen molar-refractivity contribution >= 4 is 5.91 Å². The van der Waals surface area contributed by atoms with Crippen LogP contribution >= 0.6 is 0 Å². The molecule has 2 fully saturated rings. The van der Waals surface area contributed by atoms with Crippen molar-refractivity contribution in [3.8, 4) is 0 Å². The molecular formula is C13H19N3O4. The molecule has 110 valence electrons. The van der Waals surface area contributed by atoms with Crippen molar-refractivity contribution in [2.24, 2.45) is 0 Å². The zero-order chi connectivity index (χ0) is 14.2. The number of carbonyl (C=O) groups is 1. The van der Waals surface area contributed by atoms with Crippen LogP contribution in [-0.4, -0.2) is 57.6 Å². The highest BCUT2D eigenvalue weighted by atomic mass is 16.6. The molecule has 0 unspecified atom stereocenters. The van der Waals surface area contributed by atoms with Gasteiger partial charge in [-0.3, -0.25) is 4.79 Å². The van der Waals surface area contributed by atoms with E-state index in [1.165, 1.54) is 0 Å². The van der Waals surface area contributed by atoms with Crippen LogP contribution in [0.2, 0.25) is 0 Å². The number of likely N-dealkylation sites (tertiary alicyclic amines) is 1. The van der Waals surface area contributed by atoms with E-state index in [1.54, 1.807) is 11.8 Å². The molecule has 0 aromatic carbocycles. The number of rotatable bonds is 2. The molecule has 1 N–H and O–H groups in total. The summed E-state index contributed by atoms with van der Waals surface area (Å²) in [6, 6.07) is 0. The molecule has 1 aromatic heterocycles. The molecule has 3 heterocycles. The molecule has 3 rings (SSSR count). The van der Waals surface area contributed by atoms with Gasteiger partial charge in [-0.05, 0) is 26.2 Å². The Morgan fingerprint density at radius 1 is 1.55 bits per heavy atom. The van der Waals surface area contributed by atoms with E-state index in [4.69, 9.17) is 4.74 Å². The van der Waals surface area contributed by atoms with Crippen molar-refractivity contribution in [1.82, 2.24) is 15.2 Å². The van der Waals surface area contributed by atoms with Gasteiger partial charge in [0.25, 0.3) is 0 Å². The maximum absolute atomic E-state index is 12.3. The minimum absolute atomic E-state index is 0.0226. The zero-order valence-electron chi connectivity index (χ0n) is 11.5. The number of amides is 1. The van der Waals surface area contributed by atoms with E-state index in [0.29, 0.717) is 37.5 Å². The lowest BCUT2D eigenvalue weighted by Crippen LogP contribution is -2.58. The van der Waals surface area contributed by atoms with E-state index in [1.807, 2.05) is 0 Å². The summed E-state index contributed by atoms with van der Waals surface area (Å²) in [5.41, 5.74) is 0.648. The van der Waals surface area contributed by atoms with Crippen molar-refractivity contribution in [2.75, 3.05) is 19.7 Å². The highest BCUT2D eigenvalue weighted by Gasteiger charge is 2.47. The van der Waals surface area contributed by atoms with Gasteiger partial charge in [0.2, 0.25) is 5.91 Å². The van der Waals surface area contributed by atoms with Crippen LogP contribution in [0.25, 0.3) is 0 Å². The number of hydrogen-bond donors (Lipinski definition) is 1. The number of carbonyl (C=O) groups excluding carboxylic acids is 1.